The normalized spacial score (nSPS) is 14.8. The molecule has 5 heteroatoms. The number of carbonyl (C=O) groups is 1. The Morgan fingerprint density at radius 1 is 1.50 bits per heavy atom. The number of hydrogen-bond donors (Lipinski definition) is 1. The maximum atomic E-state index is 13.2. The number of carboxylic acid groups (broad SMARTS) is 1. The summed E-state index contributed by atoms with van der Waals surface area (Å²) in [4.78, 5) is 13.0. The molecular weight excluding hydrogens is 261 g/mol. The summed E-state index contributed by atoms with van der Waals surface area (Å²) in [6.45, 7) is 2.52. The van der Waals surface area contributed by atoms with Crippen LogP contribution in [0.15, 0.2) is 18.2 Å². The van der Waals surface area contributed by atoms with Crippen LogP contribution in [0.5, 0.6) is 0 Å². The van der Waals surface area contributed by atoms with Gasteiger partial charge in [0.1, 0.15) is 5.82 Å². The van der Waals surface area contributed by atoms with Crippen molar-refractivity contribution in [2.24, 2.45) is 5.92 Å². The molecule has 0 aromatic heterocycles. The molecule has 1 aromatic carbocycles. The molecule has 1 aliphatic rings. The fourth-order valence-corrected chi connectivity index (χ4v) is 2.03. The third-order valence-corrected chi connectivity index (χ3v) is 3.41. The zero-order valence-corrected chi connectivity index (χ0v) is 11.6. The van der Waals surface area contributed by atoms with Crippen LogP contribution >= 0.6 is 0 Å². The summed E-state index contributed by atoms with van der Waals surface area (Å²) in [5.74, 6) is -0.705. The minimum Gasteiger partial charge on any atom is -0.478 e. The van der Waals surface area contributed by atoms with Crippen LogP contribution in [-0.4, -0.2) is 42.8 Å². The van der Waals surface area contributed by atoms with Crippen molar-refractivity contribution in [1.29, 1.82) is 0 Å². The lowest BCUT2D eigenvalue weighted by atomic mass is 10.1. The lowest BCUT2D eigenvalue weighted by Crippen LogP contribution is -2.24. The fourth-order valence-electron chi connectivity index (χ4n) is 2.03. The van der Waals surface area contributed by atoms with E-state index in [2.05, 4.69) is 0 Å². The molecule has 0 unspecified atom stereocenters. The van der Waals surface area contributed by atoms with Gasteiger partial charge in [0.15, 0.2) is 0 Å². The highest BCUT2D eigenvalue weighted by Gasteiger charge is 2.21. The largest absolute Gasteiger partial charge is 0.478 e. The van der Waals surface area contributed by atoms with Crippen LogP contribution in [0, 0.1) is 11.7 Å². The summed E-state index contributed by atoms with van der Waals surface area (Å²) in [7, 11) is 1.87. The molecule has 1 fully saturated rings. The molecule has 1 N–H and O–H groups in total. The molecule has 2 rings (SSSR count). The summed E-state index contributed by atoms with van der Waals surface area (Å²) < 4.78 is 18.8. The molecule has 20 heavy (non-hydrogen) atoms. The maximum absolute atomic E-state index is 13.2. The van der Waals surface area contributed by atoms with Crippen molar-refractivity contribution in [2.75, 3.05) is 26.8 Å². The average Bonchev–Trinajstić information content (AvgIpc) is 3.18. The van der Waals surface area contributed by atoms with Gasteiger partial charge in [0.2, 0.25) is 0 Å². The zero-order valence-electron chi connectivity index (χ0n) is 11.6. The number of carboxylic acids is 1. The van der Waals surface area contributed by atoms with Crippen LogP contribution in [0.1, 0.15) is 28.8 Å². The van der Waals surface area contributed by atoms with Gasteiger partial charge in [0, 0.05) is 19.7 Å². The minimum absolute atomic E-state index is 0.150. The second-order valence-electron chi connectivity index (χ2n) is 5.36. The molecule has 0 heterocycles. The van der Waals surface area contributed by atoms with Crippen molar-refractivity contribution < 1.29 is 19.0 Å². The van der Waals surface area contributed by atoms with E-state index >= 15 is 0 Å². The topological polar surface area (TPSA) is 49.8 Å². The molecule has 4 nitrogen and oxygen atoms in total. The molecule has 0 amide bonds. The highest BCUT2D eigenvalue weighted by Crippen LogP contribution is 2.28. The van der Waals surface area contributed by atoms with Crippen molar-refractivity contribution in [3.05, 3.63) is 35.1 Å². The van der Waals surface area contributed by atoms with Gasteiger partial charge < -0.3 is 9.84 Å². The monoisotopic (exact) mass is 281 g/mol. The first-order valence-electron chi connectivity index (χ1n) is 6.84. The lowest BCUT2D eigenvalue weighted by Gasteiger charge is -2.18. The van der Waals surface area contributed by atoms with E-state index in [4.69, 9.17) is 9.84 Å². The Labute approximate surface area is 118 Å². The quantitative estimate of drug-likeness (QED) is 0.743. The van der Waals surface area contributed by atoms with Crippen LogP contribution in [0.25, 0.3) is 0 Å². The SMILES string of the molecule is CN(CCOCC1CC1)Cc1cc(F)ccc1C(=O)O. The number of rotatable bonds is 8. The van der Waals surface area contributed by atoms with Gasteiger partial charge in [0.25, 0.3) is 0 Å². The molecular formula is C15H20FNO3. The second-order valence-corrected chi connectivity index (χ2v) is 5.36. The standard InChI is InChI=1S/C15H20FNO3/c1-17(6-7-20-10-11-2-3-11)9-12-8-13(16)4-5-14(12)15(18)19/h4-5,8,11H,2-3,6-7,9-10H2,1H3,(H,18,19). The minimum atomic E-state index is -1.03. The third-order valence-electron chi connectivity index (χ3n) is 3.41. The Balaban J connectivity index is 1.83. The number of hydrogen-bond acceptors (Lipinski definition) is 3. The van der Waals surface area contributed by atoms with Gasteiger partial charge in [-0.2, -0.15) is 0 Å². The smallest absolute Gasteiger partial charge is 0.336 e. The van der Waals surface area contributed by atoms with Gasteiger partial charge in [-0.25, -0.2) is 9.18 Å². The van der Waals surface area contributed by atoms with Gasteiger partial charge in [-0.05, 0) is 49.6 Å². The molecule has 0 atom stereocenters. The first-order chi connectivity index (χ1) is 9.56. The van der Waals surface area contributed by atoms with Gasteiger partial charge >= 0.3 is 5.97 Å². The van der Waals surface area contributed by atoms with Crippen LogP contribution in [0.4, 0.5) is 4.39 Å². The number of benzene rings is 1. The lowest BCUT2D eigenvalue weighted by molar-refractivity contribution is 0.0694. The molecule has 0 spiro atoms. The Morgan fingerprint density at radius 3 is 2.90 bits per heavy atom. The van der Waals surface area contributed by atoms with E-state index in [1.807, 2.05) is 11.9 Å². The van der Waals surface area contributed by atoms with Gasteiger partial charge in [-0.15, -0.1) is 0 Å². The maximum Gasteiger partial charge on any atom is 0.336 e. The number of ether oxygens (including phenoxy) is 1. The Kier molecular flexibility index (Phi) is 5.09. The molecule has 1 aromatic rings. The predicted molar refractivity (Wildman–Crippen MR) is 73.2 cm³/mol. The molecule has 110 valence electrons. The average molecular weight is 281 g/mol. The summed E-state index contributed by atoms with van der Waals surface area (Å²) in [5, 5.41) is 9.09. The summed E-state index contributed by atoms with van der Waals surface area (Å²) in [6.07, 6.45) is 2.53. The highest BCUT2D eigenvalue weighted by atomic mass is 19.1. The van der Waals surface area contributed by atoms with Gasteiger partial charge in [-0.3, -0.25) is 4.90 Å². The number of halogens is 1. The van der Waals surface area contributed by atoms with Crippen LogP contribution in [0.2, 0.25) is 0 Å². The highest BCUT2D eigenvalue weighted by molar-refractivity contribution is 5.89. The van der Waals surface area contributed by atoms with Gasteiger partial charge in [0.05, 0.1) is 12.2 Å². The molecule has 0 aliphatic heterocycles. The zero-order chi connectivity index (χ0) is 14.5. The van der Waals surface area contributed by atoms with E-state index < -0.39 is 11.8 Å². The molecule has 1 aliphatic carbocycles. The van der Waals surface area contributed by atoms with Crippen molar-refractivity contribution in [1.82, 2.24) is 4.90 Å². The van der Waals surface area contributed by atoms with E-state index in [-0.39, 0.29) is 5.56 Å². The van der Waals surface area contributed by atoms with E-state index in [9.17, 15) is 9.18 Å². The van der Waals surface area contributed by atoms with E-state index in [0.29, 0.717) is 25.3 Å². The first-order valence-corrected chi connectivity index (χ1v) is 6.84. The third kappa shape index (κ3) is 4.58. The Hall–Kier alpha value is -1.46. The summed E-state index contributed by atoms with van der Waals surface area (Å²) >= 11 is 0. The second kappa shape index (κ2) is 6.81. The Morgan fingerprint density at radius 2 is 2.25 bits per heavy atom. The van der Waals surface area contributed by atoms with E-state index in [0.717, 1.165) is 12.5 Å². The van der Waals surface area contributed by atoms with Crippen molar-refractivity contribution >= 4 is 5.97 Å². The molecule has 0 bridgehead atoms. The van der Waals surface area contributed by atoms with Crippen molar-refractivity contribution in [3.63, 3.8) is 0 Å². The number of aromatic carboxylic acids is 1. The van der Waals surface area contributed by atoms with Gasteiger partial charge in [-0.1, -0.05) is 0 Å². The van der Waals surface area contributed by atoms with Crippen LogP contribution < -0.4 is 0 Å². The first kappa shape index (κ1) is 14.9. The molecule has 0 saturated heterocycles. The molecule has 0 radical (unpaired) electrons. The van der Waals surface area contributed by atoms with E-state index in [1.54, 1.807) is 0 Å². The Bertz CT molecular complexity index is 474. The van der Waals surface area contributed by atoms with Crippen LogP contribution in [-0.2, 0) is 11.3 Å². The van der Waals surface area contributed by atoms with E-state index in [1.165, 1.54) is 31.0 Å². The van der Waals surface area contributed by atoms with Crippen molar-refractivity contribution in [2.45, 2.75) is 19.4 Å². The predicted octanol–water partition coefficient (Wildman–Crippen LogP) is 2.38. The number of likely N-dealkylation sites (N-methyl/N-ethyl adjacent to an activating group) is 1. The van der Waals surface area contributed by atoms with Crippen LogP contribution in [0.3, 0.4) is 0 Å². The van der Waals surface area contributed by atoms with Crippen molar-refractivity contribution in [3.8, 4) is 0 Å². The summed E-state index contributed by atoms with van der Waals surface area (Å²) in [5.41, 5.74) is 0.638. The molecule has 1 saturated carbocycles. The summed E-state index contributed by atoms with van der Waals surface area (Å²) in [6, 6.07) is 3.77. The number of nitrogens with zero attached hydrogens (tertiary/aromatic N) is 1. The fraction of sp³-hybridized carbons (Fsp3) is 0.533.